The van der Waals surface area contributed by atoms with Gasteiger partial charge >= 0.3 is 12.3 Å². The van der Waals surface area contributed by atoms with Crippen molar-refractivity contribution >= 4 is 39.4 Å². The van der Waals surface area contributed by atoms with E-state index >= 15 is 0 Å². The minimum atomic E-state index is -4.87. The van der Waals surface area contributed by atoms with Gasteiger partial charge in [0.2, 0.25) is 10.0 Å². The average Bonchev–Trinajstić information content (AvgIpc) is 3.27. The van der Waals surface area contributed by atoms with Gasteiger partial charge in [0.25, 0.3) is 5.56 Å². The number of nitrogens with zero attached hydrogens (tertiary/aromatic N) is 3. The van der Waals surface area contributed by atoms with E-state index in [1.165, 1.54) is 28.9 Å². The highest BCUT2D eigenvalue weighted by atomic mass is 32.2. The van der Waals surface area contributed by atoms with Crippen molar-refractivity contribution in [1.29, 1.82) is 0 Å². The van der Waals surface area contributed by atoms with Crippen LogP contribution in [0, 0.1) is 0 Å². The van der Waals surface area contributed by atoms with Crippen LogP contribution in [-0.4, -0.2) is 47.2 Å². The number of nitrogens with one attached hydrogen (secondary N) is 1. The first-order valence-corrected chi connectivity index (χ1v) is 16.4. The summed E-state index contributed by atoms with van der Waals surface area (Å²) in [6.07, 6.45) is 11.6. The largest absolute Gasteiger partial charge is 0.522 e. The van der Waals surface area contributed by atoms with Crippen molar-refractivity contribution in [2.75, 3.05) is 6.61 Å². The van der Waals surface area contributed by atoms with Gasteiger partial charge in [0.15, 0.2) is 5.76 Å². The molecule has 0 spiro atoms. The number of alkyl halides is 3. The molecule has 0 amide bonds. The Morgan fingerprint density at radius 2 is 2.00 bits per heavy atom. The summed E-state index contributed by atoms with van der Waals surface area (Å²) in [6.45, 7) is 2.18. The lowest BCUT2D eigenvalue weighted by Crippen LogP contribution is -2.27. The summed E-state index contributed by atoms with van der Waals surface area (Å²) in [5.74, 6) is -0.916. The Morgan fingerprint density at radius 1 is 1.20 bits per heavy atom. The number of hydrogen-bond acceptors (Lipinski definition) is 8. The maximum absolute atomic E-state index is 13.9. The first-order valence-electron chi connectivity index (χ1n) is 14.9. The number of aryl methyl sites for hydroxylation is 1. The molecule has 16 heteroatoms. The molecule has 11 nitrogen and oxygen atoms in total. The van der Waals surface area contributed by atoms with Crippen molar-refractivity contribution in [3.8, 4) is 0 Å². The minimum absolute atomic E-state index is 0.0518. The van der Waals surface area contributed by atoms with Crippen LogP contribution in [0.15, 0.2) is 87.4 Å². The Hall–Kier alpha value is -4.93. The number of carboxylic acids is 1. The number of sulfonamides is 1. The highest BCUT2D eigenvalue weighted by molar-refractivity contribution is 7.93. The minimum Gasteiger partial charge on any atom is -0.481 e. The van der Waals surface area contributed by atoms with Gasteiger partial charge in [0.1, 0.15) is 17.3 Å². The first-order chi connectivity index (χ1) is 23.3. The molecule has 49 heavy (non-hydrogen) atoms. The van der Waals surface area contributed by atoms with Crippen molar-refractivity contribution in [1.82, 2.24) is 19.4 Å². The second kappa shape index (κ2) is 16.5. The van der Waals surface area contributed by atoms with E-state index in [9.17, 15) is 35.6 Å². The van der Waals surface area contributed by atoms with E-state index in [2.05, 4.69) is 21.2 Å². The summed E-state index contributed by atoms with van der Waals surface area (Å²) < 4.78 is 88.9. The van der Waals surface area contributed by atoms with Crippen molar-refractivity contribution in [3.63, 3.8) is 0 Å². The molecule has 0 saturated carbocycles. The van der Waals surface area contributed by atoms with Crippen LogP contribution in [0.4, 0.5) is 17.6 Å². The molecule has 0 bridgehead atoms. The fourth-order valence-electron chi connectivity index (χ4n) is 4.78. The predicted octanol–water partition coefficient (Wildman–Crippen LogP) is 6.22. The SMILES string of the molecule is C=CC=C(C=CCOC(F)(F)F)S(=O)(=O)NCc1cc(C2=Cc3nc(CCCCC(=O)O)n(C4=CCC=C(F)C=C4)c(=O)c3C=CC2)no1. The molecule has 2 aromatic heterocycles. The Kier molecular flexibility index (Phi) is 12.4. The normalized spacial score (nSPS) is 15.3. The van der Waals surface area contributed by atoms with E-state index in [1.807, 2.05) is 0 Å². The van der Waals surface area contributed by atoms with Gasteiger partial charge in [-0.25, -0.2) is 22.5 Å². The predicted molar refractivity (Wildman–Crippen MR) is 174 cm³/mol. The van der Waals surface area contributed by atoms with E-state index in [4.69, 9.17) is 14.6 Å². The summed E-state index contributed by atoms with van der Waals surface area (Å²) in [7, 11) is -4.21. The number of halogens is 4. The molecule has 0 fully saturated rings. The number of aliphatic carboxylic acids is 1. The molecule has 260 valence electrons. The number of ether oxygens (including phenoxy) is 1. The summed E-state index contributed by atoms with van der Waals surface area (Å²) in [6, 6.07) is 1.49. The van der Waals surface area contributed by atoms with E-state index < -0.39 is 40.3 Å². The Bertz CT molecular complexity index is 1960. The Morgan fingerprint density at radius 3 is 2.73 bits per heavy atom. The maximum atomic E-state index is 13.9. The third-order valence-electron chi connectivity index (χ3n) is 7.04. The number of allylic oxidation sites excluding steroid dienone is 11. The second-order valence-electron chi connectivity index (χ2n) is 10.6. The Balaban J connectivity index is 1.58. The summed E-state index contributed by atoms with van der Waals surface area (Å²) in [4.78, 5) is 29.3. The number of hydrogen-bond donors (Lipinski definition) is 2. The Labute approximate surface area is 278 Å². The fourth-order valence-corrected chi connectivity index (χ4v) is 5.83. The number of carbonyl (C=O) groups is 1. The van der Waals surface area contributed by atoms with Gasteiger partial charge in [-0.05, 0) is 67.7 Å². The van der Waals surface area contributed by atoms with Crippen LogP contribution in [0.2, 0.25) is 0 Å². The monoisotopic (exact) mass is 704 g/mol. The van der Waals surface area contributed by atoms with Crippen LogP contribution in [0.3, 0.4) is 0 Å². The lowest BCUT2D eigenvalue weighted by atomic mass is 10.1. The number of rotatable bonds is 15. The molecule has 0 radical (unpaired) electrons. The number of unbranched alkanes of at least 4 members (excludes halogenated alkanes) is 1. The number of carboxylic acid groups (broad SMARTS) is 1. The van der Waals surface area contributed by atoms with Crippen molar-refractivity contribution in [2.24, 2.45) is 0 Å². The second-order valence-corrected chi connectivity index (χ2v) is 12.4. The maximum Gasteiger partial charge on any atom is 0.522 e. The molecule has 0 aliphatic heterocycles. The number of aromatic nitrogens is 3. The molecular formula is C33H32F4N4O7S. The van der Waals surface area contributed by atoms with Gasteiger partial charge in [-0.1, -0.05) is 42.1 Å². The van der Waals surface area contributed by atoms with Crippen LogP contribution in [0.1, 0.15) is 60.6 Å². The van der Waals surface area contributed by atoms with Crippen LogP contribution >= 0.6 is 0 Å². The van der Waals surface area contributed by atoms with E-state index in [0.29, 0.717) is 47.7 Å². The van der Waals surface area contributed by atoms with Gasteiger partial charge in [0.05, 0.1) is 29.3 Å². The van der Waals surface area contributed by atoms with Gasteiger partial charge in [-0.15, -0.1) is 13.2 Å². The van der Waals surface area contributed by atoms with Crippen LogP contribution in [0.5, 0.6) is 0 Å². The smallest absolute Gasteiger partial charge is 0.481 e. The molecule has 0 atom stereocenters. The summed E-state index contributed by atoms with van der Waals surface area (Å²) in [5, 5.41) is 13.1. The van der Waals surface area contributed by atoms with E-state index in [-0.39, 0.29) is 42.0 Å². The lowest BCUT2D eigenvalue weighted by molar-refractivity contribution is -0.319. The standard InChI is InChI=1S/C33H32F4N4O7S/c1-2-8-26(12-7-18-47-33(35,36)37)49(45,46)38-21-25-20-28(40-48-25)22-9-5-13-27-29(19-22)39-30(14-3-4-15-31(42)43)41(32(27)44)24-11-6-10-23(34)16-17-24/h2,5,7-8,10-13,16-17,19-20,38H,1,3-4,6,9,14-15,18,21H2,(H,42,43). The zero-order valence-corrected chi connectivity index (χ0v) is 26.8. The highest BCUT2D eigenvalue weighted by Crippen LogP contribution is 2.27. The average molecular weight is 705 g/mol. The topological polar surface area (TPSA) is 154 Å². The molecule has 2 aromatic rings. The summed E-state index contributed by atoms with van der Waals surface area (Å²) >= 11 is 0. The zero-order valence-electron chi connectivity index (χ0n) is 26.0. The van der Waals surface area contributed by atoms with E-state index in [0.717, 1.165) is 24.3 Å². The molecule has 0 saturated heterocycles. The molecule has 4 rings (SSSR count). The highest BCUT2D eigenvalue weighted by Gasteiger charge is 2.28. The molecule has 2 heterocycles. The van der Waals surface area contributed by atoms with Crippen LogP contribution in [0.25, 0.3) is 23.4 Å². The quantitative estimate of drug-likeness (QED) is 0.125. The van der Waals surface area contributed by atoms with Gasteiger partial charge in [0, 0.05) is 24.6 Å². The van der Waals surface area contributed by atoms with E-state index in [1.54, 1.807) is 24.3 Å². The number of fused-ring (bicyclic) bond motifs is 1. The molecule has 0 unspecified atom stereocenters. The van der Waals surface area contributed by atoms with Crippen LogP contribution < -0.4 is 10.3 Å². The third kappa shape index (κ3) is 10.5. The van der Waals surface area contributed by atoms with Crippen molar-refractivity contribution in [3.05, 3.63) is 117 Å². The first kappa shape index (κ1) is 36.9. The molecule has 0 aromatic carbocycles. The summed E-state index contributed by atoms with van der Waals surface area (Å²) in [5.41, 5.74) is 1.55. The van der Waals surface area contributed by atoms with Gasteiger partial charge in [-0.3, -0.25) is 18.9 Å². The molecule has 2 aliphatic rings. The molecular weight excluding hydrogens is 672 g/mol. The van der Waals surface area contributed by atoms with Crippen molar-refractivity contribution in [2.45, 2.75) is 51.4 Å². The fraction of sp³-hybridized carbons (Fsp3) is 0.273. The molecule has 2 aliphatic carbocycles. The van der Waals surface area contributed by atoms with Crippen LogP contribution in [-0.2, 0) is 32.5 Å². The lowest BCUT2D eigenvalue weighted by Gasteiger charge is -2.16. The zero-order chi connectivity index (χ0) is 35.6. The third-order valence-corrected chi connectivity index (χ3v) is 8.46. The van der Waals surface area contributed by atoms with Gasteiger partial charge < -0.3 is 9.63 Å². The van der Waals surface area contributed by atoms with Crippen molar-refractivity contribution < 1.29 is 45.1 Å². The molecule has 2 N–H and O–H groups in total. The van der Waals surface area contributed by atoms with Gasteiger partial charge in [-0.2, -0.15) is 0 Å².